The molecule has 260 valence electrons. The van der Waals surface area contributed by atoms with Gasteiger partial charge in [0, 0.05) is 30.1 Å². The molecular weight excluding hydrogens is 648 g/mol. The number of carbonyl (C=O) groups excluding carboxylic acids is 3. The van der Waals surface area contributed by atoms with E-state index in [0.29, 0.717) is 30.3 Å². The molecule has 0 bridgehead atoms. The van der Waals surface area contributed by atoms with Gasteiger partial charge in [0.1, 0.15) is 35.3 Å². The molecule has 1 unspecified atom stereocenters. The molecule has 49 heavy (non-hydrogen) atoms. The lowest BCUT2D eigenvalue weighted by atomic mass is 9.85. The van der Waals surface area contributed by atoms with Crippen molar-refractivity contribution in [1.82, 2.24) is 24.9 Å². The van der Waals surface area contributed by atoms with Crippen LogP contribution >= 0.6 is 0 Å². The SMILES string of the molecule is C=C[C@@H]1C[C@]1(NC(=O)[C@@H]1C[C@@H](Oc2nccc3cc(OC)ccc23)CN1C(=O)C(Nc1ccccn1)C(C)(C)C)C(=O)NS(=O)(=O)C1CC1. The maximum atomic E-state index is 14.5. The van der Waals surface area contributed by atoms with E-state index in [4.69, 9.17) is 9.47 Å². The summed E-state index contributed by atoms with van der Waals surface area (Å²) in [5.41, 5.74) is -2.10. The molecule has 2 aromatic heterocycles. The molecule has 3 heterocycles. The number of carbonyl (C=O) groups is 3. The Balaban J connectivity index is 1.29. The lowest BCUT2D eigenvalue weighted by Crippen LogP contribution is -2.58. The number of hydrogen-bond acceptors (Lipinski definition) is 10. The fraction of sp³-hybridized carbons (Fsp3) is 0.457. The minimum absolute atomic E-state index is 0.0573. The van der Waals surface area contributed by atoms with Crippen molar-refractivity contribution in [3.05, 3.63) is 67.5 Å². The van der Waals surface area contributed by atoms with Crippen LogP contribution in [-0.2, 0) is 24.4 Å². The van der Waals surface area contributed by atoms with Gasteiger partial charge < -0.3 is 25.0 Å². The molecule has 3 amide bonds. The largest absolute Gasteiger partial charge is 0.497 e. The number of hydrogen-bond donors (Lipinski definition) is 3. The summed E-state index contributed by atoms with van der Waals surface area (Å²) in [7, 11) is -2.28. The van der Waals surface area contributed by atoms with Crippen molar-refractivity contribution < 1.29 is 32.3 Å². The second kappa shape index (κ2) is 13.0. The van der Waals surface area contributed by atoms with Crippen LogP contribution in [0.4, 0.5) is 5.82 Å². The van der Waals surface area contributed by atoms with Gasteiger partial charge in [0.15, 0.2) is 0 Å². The summed E-state index contributed by atoms with van der Waals surface area (Å²) >= 11 is 0. The van der Waals surface area contributed by atoms with Crippen LogP contribution in [0.1, 0.15) is 46.5 Å². The summed E-state index contributed by atoms with van der Waals surface area (Å²) in [5.74, 6) is -0.719. The molecule has 13 nitrogen and oxygen atoms in total. The van der Waals surface area contributed by atoms with Gasteiger partial charge >= 0.3 is 0 Å². The molecule has 0 radical (unpaired) electrons. The number of anilines is 1. The van der Waals surface area contributed by atoms with Crippen molar-refractivity contribution in [2.24, 2.45) is 11.3 Å². The summed E-state index contributed by atoms with van der Waals surface area (Å²) in [6.07, 6.45) is 5.38. The minimum atomic E-state index is -3.86. The number of pyridine rings is 2. The molecule has 5 atom stereocenters. The summed E-state index contributed by atoms with van der Waals surface area (Å²) < 4.78 is 39.3. The molecule has 1 aliphatic heterocycles. The first-order valence-corrected chi connectivity index (χ1v) is 17.9. The van der Waals surface area contributed by atoms with E-state index in [2.05, 4.69) is 31.9 Å². The summed E-state index contributed by atoms with van der Waals surface area (Å²) in [4.78, 5) is 52.4. The third-order valence-electron chi connectivity index (χ3n) is 9.38. The van der Waals surface area contributed by atoms with E-state index >= 15 is 0 Å². The zero-order valence-electron chi connectivity index (χ0n) is 28.0. The van der Waals surface area contributed by atoms with Gasteiger partial charge in [-0.05, 0) is 66.5 Å². The monoisotopic (exact) mass is 690 g/mol. The fourth-order valence-corrected chi connectivity index (χ4v) is 7.68. The summed E-state index contributed by atoms with van der Waals surface area (Å²) in [6.45, 7) is 9.58. The Morgan fingerprint density at radius 1 is 1.10 bits per heavy atom. The smallest absolute Gasteiger partial charge is 0.259 e. The van der Waals surface area contributed by atoms with Gasteiger partial charge in [-0.3, -0.25) is 19.1 Å². The Morgan fingerprint density at radius 2 is 1.88 bits per heavy atom. The molecule has 3 aliphatic rings. The van der Waals surface area contributed by atoms with Crippen molar-refractivity contribution in [3.8, 4) is 11.6 Å². The van der Waals surface area contributed by atoms with Crippen molar-refractivity contribution >= 4 is 44.3 Å². The second-order valence-corrected chi connectivity index (χ2v) is 16.0. The number of fused-ring (bicyclic) bond motifs is 1. The number of likely N-dealkylation sites (tertiary alicyclic amines) is 1. The van der Waals surface area contributed by atoms with Crippen LogP contribution in [-0.4, -0.2) is 83.6 Å². The average molecular weight is 691 g/mol. The minimum Gasteiger partial charge on any atom is -0.497 e. The molecule has 3 fully saturated rings. The third-order valence-corrected chi connectivity index (χ3v) is 11.2. The van der Waals surface area contributed by atoms with Crippen molar-refractivity contribution in [3.63, 3.8) is 0 Å². The quantitative estimate of drug-likeness (QED) is 0.240. The molecule has 1 saturated heterocycles. The van der Waals surface area contributed by atoms with Crippen LogP contribution in [0.5, 0.6) is 11.6 Å². The average Bonchev–Trinajstić information content (AvgIpc) is 4.00. The van der Waals surface area contributed by atoms with Gasteiger partial charge in [-0.1, -0.05) is 32.9 Å². The van der Waals surface area contributed by atoms with Crippen LogP contribution in [0.3, 0.4) is 0 Å². The molecule has 3 N–H and O–H groups in total. The Labute approximate surface area is 285 Å². The normalized spacial score (nSPS) is 24.1. The Kier molecular flexibility index (Phi) is 9.03. The van der Waals surface area contributed by atoms with Crippen molar-refractivity contribution in [2.75, 3.05) is 19.0 Å². The molecule has 3 aromatic rings. The van der Waals surface area contributed by atoms with E-state index in [1.165, 1.54) is 11.0 Å². The standard InChI is InChI=1S/C35H42N6O7S/c1-6-22-19-35(22,33(44)40-49(45,46)25-11-12-25)39-30(42)27-18-24(48-31-26-13-10-23(47-5)17-21(26)14-16-37-31)20-41(27)32(43)29(34(2,3)4)38-28-9-7-8-15-36-28/h6-10,13-17,22,24-25,27,29H,1,11-12,18-20H2,2-5H3,(H,36,38)(H,39,42)(H,40,44)/t22-,24-,27+,29?,35-/m1/s1. The maximum absolute atomic E-state index is 14.5. The zero-order valence-corrected chi connectivity index (χ0v) is 28.8. The predicted molar refractivity (Wildman–Crippen MR) is 183 cm³/mol. The van der Waals surface area contributed by atoms with Crippen molar-refractivity contribution in [2.45, 2.75) is 75.4 Å². The lowest BCUT2D eigenvalue weighted by Gasteiger charge is -2.36. The number of ether oxygens (including phenoxy) is 2. The molecule has 1 aromatic carbocycles. The zero-order chi connectivity index (χ0) is 35.1. The fourth-order valence-electron chi connectivity index (χ4n) is 6.31. The van der Waals surface area contributed by atoms with Gasteiger partial charge in [-0.25, -0.2) is 18.4 Å². The molecule has 2 aliphatic carbocycles. The van der Waals surface area contributed by atoms with E-state index in [1.54, 1.807) is 37.7 Å². The van der Waals surface area contributed by atoms with E-state index < -0.39 is 62.1 Å². The van der Waals surface area contributed by atoms with E-state index in [0.717, 1.165) is 10.8 Å². The highest BCUT2D eigenvalue weighted by Crippen LogP contribution is 2.45. The number of rotatable bonds is 12. The first-order valence-electron chi connectivity index (χ1n) is 16.3. The van der Waals surface area contributed by atoms with Crippen LogP contribution in [0, 0.1) is 11.3 Å². The van der Waals surface area contributed by atoms with E-state index in [-0.39, 0.29) is 25.3 Å². The molecule has 0 spiro atoms. The number of amides is 3. The highest BCUT2D eigenvalue weighted by Gasteiger charge is 2.62. The number of aromatic nitrogens is 2. The second-order valence-electron chi connectivity index (χ2n) is 14.0. The van der Waals surface area contributed by atoms with Gasteiger partial charge in [0.25, 0.3) is 5.91 Å². The maximum Gasteiger partial charge on any atom is 0.259 e. The molecule has 2 saturated carbocycles. The number of nitrogens with zero attached hydrogens (tertiary/aromatic N) is 3. The Hall–Kier alpha value is -4.72. The highest BCUT2D eigenvalue weighted by atomic mass is 32.2. The summed E-state index contributed by atoms with van der Waals surface area (Å²) in [5, 5.41) is 7.04. The number of sulfonamides is 1. The van der Waals surface area contributed by atoms with Crippen LogP contribution in [0.2, 0.25) is 0 Å². The number of nitrogens with one attached hydrogen (secondary N) is 3. The van der Waals surface area contributed by atoms with Gasteiger partial charge in [-0.2, -0.15) is 0 Å². The molecular formula is C35H42N6O7S. The van der Waals surface area contributed by atoms with Gasteiger partial charge in [-0.15, -0.1) is 6.58 Å². The van der Waals surface area contributed by atoms with Crippen LogP contribution in [0.25, 0.3) is 10.8 Å². The Morgan fingerprint density at radius 3 is 2.51 bits per heavy atom. The van der Waals surface area contributed by atoms with Gasteiger partial charge in [0.2, 0.25) is 27.7 Å². The number of methoxy groups -OCH3 is 1. The first-order chi connectivity index (χ1) is 23.3. The topological polar surface area (TPSA) is 169 Å². The predicted octanol–water partition coefficient (Wildman–Crippen LogP) is 3.18. The van der Waals surface area contributed by atoms with Crippen molar-refractivity contribution in [1.29, 1.82) is 0 Å². The van der Waals surface area contributed by atoms with Crippen LogP contribution < -0.4 is 24.8 Å². The highest BCUT2D eigenvalue weighted by molar-refractivity contribution is 7.91. The summed E-state index contributed by atoms with van der Waals surface area (Å²) in [6, 6.07) is 10.8. The van der Waals surface area contributed by atoms with E-state index in [9.17, 15) is 22.8 Å². The first kappa shape index (κ1) is 34.2. The number of benzene rings is 1. The third kappa shape index (κ3) is 7.05. The van der Waals surface area contributed by atoms with E-state index in [1.807, 2.05) is 45.0 Å². The molecule has 6 rings (SSSR count). The lowest BCUT2D eigenvalue weighted by molar-refractivity contribution is -0.141. The molecule has 14 heteroatoms. The Bertz CT molecular complexity index is 1880. The van der Waals surface area contributed by atoms with Gasteiger partial charge in [0.05, 0.1) is 18.9 Å². The van der Waals surface area contributed by atoms with Crippen LogP contribution in [0.15, 0.2) is 67.5 Å².